The zero-order valence-electron chi connectivity index (χ0n) is 11.9. The number of sulfonamides is 1. The van der Waals surface area contributed by atoms with Crippen LogP contribution in [-0.4, -0.2) is 57.0 Å². The van der Waals surface area contributed by atoms with E-state index in [0.717, 1.165) is 22.8 Å². The Morgan fingerprint density at radius 3 is 2.67 bits per heavy atom. The van der Waals surface area contributed by atoms with Gasteiger partial charge in [0.25, 0.3) is 10.0 Å². The molecule has 1 aromatic rings. The second kappa shape index (κ2) is 7.48. The van der Waals surface area contributed by atoms with E-state index in [9.17, 15) is 18.0 Å². The second-order valence-electron chi connectivity index (χ2n) is 3.86. The lowest BCUT2D eigenvalue weighted by molar-refractivity contribution is -0.143. The molecular weight excluding hydrogens is 320 g/mol. The van der Waals surface area contributed by atoms with E-state index in [4.69, 9.17) is 4.74 Å². The van der Waals surface area contributed by atoms with Gasteiger partial charge >= 0.3 is 11.9 Å². The fourth-order valence-electron chi connectivity index (χ4n) is 1.39. The topological polar surface area (TPSA) is 103 Å². The van der Waals surface area contributed by atoms with Gasteiger partial charge in [-0.15, -0.1) is 11.3 Å². The van der Waals surface area contributed by atoms with Crippen LogP contribution in [0, 0.1) is 0 Å². The second-order valence-corrected chi connectivity index (χ2v) is 6.96. The van der Waals surface area contributed by atoms with Crippen molar-refractivity contribution in [2.24, 2.45) is 0 Å². The van der Waals surface area contributed by atoms with Crippen LogP contribution in [0.3, 0.4) is 0 Å². The minimum absolute atomic E-state index is 0.0559. The van der Waals surface area contributed by atoms with Gasteiger partial charge in [-0.1, -0.05) is 0 Å². The molecule has 0 aromatic carbocycles. The van der Waals surface area contributed by atoms with Crippen molar-refractivity contribution in [1.82, 2.24) is 9.29 Å². The van der Waals surface area contributed by atoms with E-state index in [2.05, 4.69) is 9.72 Å². The van der Waals surface area contributed by atoms with Gasteiger partial charge in [-0.25, -0.2) is 18.2 Å². The van der Waals surface area contributed by atoms with Crippen LogP contribution >= 0.6 is 11.3 Å². The molecule has 118 valence electrons. The third-order valence-corrected chi connectivity index (χ3v) is 5.70. The first kappa shape index (κ1) is 17.5. The average molecular weight is 336 g/mol. The minimum Gasteiger partial charge on any atom is -0.466 e. The zero-order valence-corrected chi connectivity index (χ0v) is 13.5. The number of carbonyl (C=O) groups excluding carboxylic acids is 2. The summed E-state index contributed by atoms with van der Waals surface area (Å²) in [5, 5.41) is 0. The highest BCUT2D eigenvalue weighted by Crippen LogP contribution is 2.24. The van der Waals surface area contributed by atoms with Crippen LogP contribution in [0.15, 0.2) is 9.72 Å². The van der Waals surface area contributed by atoms with Gasteiger partial charge < -0.3 is 9.47 Å². The summed E-state index contributed by atoms with van der Waals surface area (Å²) in [4.78, 5) is 26.4. The van der Waals surface area contributed by atoms with Crippen molar-refractivity contribution >= 4 is 33.3 Å². The Morgan fingerprint density at radius 2 is 2.10 bits per heavy atom. The number of methoxy groups -OCH3 is 1. The molecule has 0 aliphatic carbocycles. The molecule has 0 atom stereocenters. The van der Waals surface area contributed by atoms with Gasteiger partial charge in [0.2, 0.25) is 0 Å². The van der Waals surface area contributed by atoms with Crippen LogP contribution in [0.4, 0.5) is 0 Å². The van der Waals surface area contributed by atoms with E-state index in [1.54, 1.807) is 6.92 Å². The van der Waals surface area contributed by atoms with Crippen molar-refractivity contribution in [3.63, 3.8) is 0 Å². The number of thiazole rings is 1. The Balaban J connectivity index is 2.88. The lowest BCUT2D eigenvalue weighted by Gasteiger charge is -2.15. The highest BCUT2D eigenvalue weighted by Gasteiger charge is 2.30. The SMILES string of the molecule is CCOC(=O)CCN(C)S(=O)(=O)c1scnc1C(=O)OC. The smallest absolute Gasteiger partial charge is 0.358 e. The third-order valence-electron chi connectivity index (χ3n) is 2.49. The van der Waals surface area contributed by atoms with Crippen molar-refractivity contribution in [3.8, 4) is 0 Å². The molecule has 10 heteroatoms. The number of hydrogen-bond acceptors (Lipinski definition) is 8. The molecule has 0 saturated heterocycles. The molecule has 0 saturated carbocycles. The van der Waals surface area contributed by atoms with Crippen molar-refractivity contribution in [3.05, 3.63) is 11.2 Å². The quantitative estimate of drug-likeness (QED) is 0.668. The molecule has 1 aromatic heterocycles. The maximum Gasteiger partial charge on any atom is 0.358 e. The Bertz CT molecular complexity index is 610. The molecule has 0 amide bonds. The molecule has 8 nitrogen and oxygen atoms in total. The van der Waals surface area contributed by atoms with Crippen molar-refractivity contribution in [2.75, 3.05) is 27.3 Å². The van der Waals surface area contributed by atoms with Crippen molar-refractivity contribution < 1.29 is 27.5 Å². The van der Waals surface area contributed by atoms with Gasteiger partial charge in [-0.3, -0.25) is 4.79 Å². The molecule has 0 fully saturated rings. The number of aromatic nitrogens is 1. The fraction of sp³-hybridized carbons (Fsp3) is 0.545. The normalized spacial score (nSPS) is 11.4. The average Bonchev–Trinajstić information content (AvgIpc) is 2.94. The number of rotatable bonds is 7. The summed E-state index contributed by atoms with van der Waals surface area (Å²) in [7, 11) is -1.46. The van der Waals surface area contributed by atoms with Crippen LogP contribution < -0.4 is 0 Å². The molecule has 0 bridgehead atoms. The Labute approximate surface area is 126 Å². The lowest BCUT2D eigenvalue weighted by Crippen LogP contribution is -2.30. The molecule has 1 rings (SSSR count). The highest BCUT2D eigenvalue weighted by molar-refractivity contribution is 7.91. The van der Waals surface area contributed by atoms with Crippen LogP contribution in [0.1, 0.15) is 23.8 Å². The predicted molar refractivity (Wildman–Crippen MR) is 74.5 cm³/mol. The number of esters is 2. The molecule has 0 aliphatic rings. The molecule has 0 N–H and O–H groups in total. The Kier molecular flexibility index (Phi) is 6.24. The van der Waals surface area contributed by atoms with Crippen molar-refractivity contribution in [1.29, 1.82) is 0 Å². The van der Waals surface area contributed by atoms with Gasteiger partial charge in [0.1, 0.15) is 0 Å². The highest BCUT2D eigenvalue weighted by atomic mass is 32.2. The van der Waals surface area contributed by atoms with Crippen LogP contribution in [0.25, 0.3) is 0 Å². The largest absolute Gasteiger partial charge is 0.466 e. The van der Waals surface area contributed by atoms with Crippen LogP contribution in [-0.2, 0) is 24.3 Å². The van der Waals surface area contributed by atoms with Crippen molar-refractivity contribution in [2.45, 2.75) is 17.6 Å². The lowest BCUT2D eigenvalue weighted by atomic mass is 10.4. The van der Waals surface area contributed by atoms with Gasteiger partial charge in [-0.05, 0) is 6.92 Å². The first-order valence-corrected chi connectivity index (χ1v) is 8.30. The molecular formula is C11H16N2O6S2. The molecule has 0 spiro atoms. The summed E-state index contributed by atoms with van der Waals surface area (Å²) < 4.78 is 34.7. The Hall–Kier alpha value is -1.52. The summed E-state index contributed by atoms with van der Waals surface area (Å²) in [5.41, 5.74) is 0.990. The van der Waals surface area contributed by atoms with E-state index in [1.807, 2.05) is 0 Å². The maximum absolute atomic E-state index is 12.3. The fourth-order valence-corrected chi connectivity index (χ4v) is 3.89. The summed E-state index contributed by atoms with van der Waals surface area (Å²) in [6, 6.07) is 0. The zero-order chi connectivity index (χ0) is 16.0. The van der Waals surface area contributed by atoms with E-state index in [-0.39, 0.29) is 29.5 Å². The summed E-state index contributed by atoms with van der Waals surface area (Å²) in [6.07, 6.45) is -0.0735. The van der Waals surface area contributed by atoms with Gasteiger partial charge in [0, 0.05) is 13.6 Å². The Morgan fingerprint density at radius 1 is 1.43 bits per heavy atom. The summed E-state index contributed by atoms with van der Waals surface area (Å²) in [6.45, 7) is 1.84. The summed E-state index contributed by atoms with van der Waals surface area (Å²) >= 11 is 0.815. The monoisotopic (exact) mass is 336 g/mol. The van der Waals surface area contributed by atoms with Crippen LogP contribution in [0.5, 0.6) is 0 Å². The number of hydrogen-bond donors (Lipinski definition) is 0. The van der Waals surface area contributed by atoms with E-state index in [0.29, 0.717) is 0 Å². The maximum atomic E-state index is 12.3. The third kappa shape index (κ3) is 4.22. The predicted octanol–water partition coefficient (Wildman–Crippen LogP) is 0.503. The standard InChI is InChI=1S/C11H16N2O6S2/c1-4-19-8(14)5-6-13(2)21(16,17)11-9(10(15)18-3)12-7-20-11/h7H,4-6H2,1-3H3. The number of ether oxygens (including phenoxy) is 2. The molecule has 1 heterocycles. The number of carbonyl (C=O) groups is 2. The molecule has 21 heavy (non-hydrogen) atoms. The van der Waals surface area contributed by atoms with Gasteiger partial charge in [-0.2, -0.15) is 4.31 Å². The minimum atomic E-state index is -3.91. The van der Waals surface area contributed by atoms with E-state index < -0.39 is 22.0 Å². The van der Waals surface area contributed by atoms with Gasteiger partial charge in [0.15, 0.2) is 9.90 Å². The molecule has 0 unspecified atom stereocenters. The first-order valence-electron chi connectivity index (χ1n) is 5.98. The van der Waals surface area contributed by atoms with E-state index >= 15 is 0 Å². The summed E-state index contributed by atoms with van der Waals surface area (Å²) in [5.74, 6) is -1.31. The molecule has 0 radical (unpaired) electrons. The van der Waals surface area contributed by atoms with Gasteiger partial charge in [0.05, 0.1) is 25.6 Å². The number of nitrogens with zero attached hydrogens (tertiary/aromatic N) is 2. The van der Waals surface area contributed by atoms with Crippen LogP contribution in [0.2, 0.25) is 0 Å². The molecule has 0 aliphatic heterocycles. The van der Waals surface area contributed by atoms with E-state index in [1.165, 1.54) is 12.6 Å². The first-order chi connectivity index (χ1) is 9.84.